The van der Waals surface area contributed by atoms with Crippen LogP contribution < -0.4 is 15.4 Å². The molecule has 6 heteroatoms. The lowest BCUT2D eigenvalue weighted by molar-refractivity contribution is 0.124. The number of ether oxygens (including phenoxy) is 1. The van der Waals surface area contributed by atoms with E-state index in [0.29, 0.717) is 13.0 Å². The molecule has 0 aliphatic heterocycles. The van der Waals surface area contributed by atoms with Crippen molar-refractivity contribution in [1.29, 1.82) is 0 Å². The van der Waals surface area contributed by atoms with Crippen LogP contribution in [0.5, 0.6) is 5.75 Å². The van der Waals surface area contributed by atoms with Crippen LogP contribution in [0.1, 0.15) is 12.0 Å². The SMILES string of the molecule is COc1ccc(CNC(O)CCNC(=O)O)cc1. The fourth-order valence-corrected chi connectivity index (χ4v) is 1.40. The van der Waals surface area contributed by atoms with E-state index in [2.05, 4.69) is 10.6 Å². The fourth-order valence-electron chi connectivity index (χ4n) is 1.40. The van der Waals surface area contributed by atoms with Crippen molar-refractivity contribution >= 4 is 6.09 Å². The number of carbonyl (C=O) groups is 1. The molecule has 0 aromatic heterocycles. The number of rotatable bonds is 7. The van der Waals surface area contributed by atoms with Crippen LogP contribution in [0.15, 0.2) is 24.3 Å². The third-order valence-electron chi connectivity index (χ3n) is 2.39. The van der Waals surface area contributed by atoms with Gasteiger partial charge in [-0.1, -0.05) is 12.1 Å². The Labute approximate surface area is 106 Å². The predicted octanol–water partition coefficient (Wildman–Crippen LogP) is 0.761. The van der Waals surface area contributed by atoms with Crippen LogP contribution in [0.3, 0.4) is 0 Å². The van der Waals surface area contributed by atoms with E-state index in [1.807, 2.05) is 24.3 Å². The number of benzene rings is 1. The van der Waals surface area contributed by atoms with Gasteiger partial charge in [0.05, 0.1) is 7.11 Å². The summed E-state index contributed by atoms with van der Waals surface area (Å²) in [6.07, 6.45) is -1.50. The van der Waals surface area contributed by atoms with E-state index in [0.717, 1.165) is 11.3 Å². The molecule has 0 saturated carbocycles. The summed E-state index contributed by atoms with van der Waals surface area (Å²) in [6.45, 7) is 0.727. The molecule has 1 aromatic rings. The van der Waals surface area contributed by atoms with Gasteiger partial charge in [0.1, 0.15) is 12.0 Å². The summed E-state index contributed by atoms with van der Waals surface area (Å²) in [5, 5.41) is 23.0. The second-order valence-electron chi connectivity index (χ2n) is 3.77. The molecule has 18 heavy (non-hydrogen) atoms. The van der Waals surface area contributed by atoms with Crippen molar-refractivity contribution in [3.05, 3.63) is 29.8 Å². The Kier molecular flexibility index (Phi) is 5.96. The summed E-state index contributed by atoms with van der Waals surface area (Å²) in [4.78, 5) is 10.2. The number of methoxy groups -OCH3 is 1. The van der Waals surface area contributed by atoms with Crippen molar-refractivity contribution in [3.8, 4) is 5.75 Å². The van der Waals surface area contributed by atoms with Gasteiger partial charge in [0.2, 0.25) is 0 Å². The van der Waals surface area contributed by atoms with Gasteiger partial charge in [-0.2, -0.15) is 0 Å². The Morgan fingerprint density at radius 2 is 2.06 bits per heavy atom. The highest BCUT2D eigenvalue weighted by Crippen LogP contribution is 2.11. The van der Waals surface area contributed by atoms with Crippen molar-refractivity contribution in [2.45, 2.75) is 19.2 Å². The molecule has 0 heterocycles. The highest BCUT2D eigenvalue weighted by Gasteiger charge is 2.04. The first-order valence-electron chi connectivity index (χ1n) is 5.63. The molecule has 0 bridgehead atoms. The van der Waals surface area contributed by atoms with Gasteiger partial charge in [-0.25, -0.2) is 4.79 Å². The minimum Gasteiger partial charge on any atom is -0.497 e. The fraction of sp³-hybridized carbons (Fsp3) is 0.417. The van der Waals surface area contributed by atoms with Gasteiger partial charge in [0.25, 0.3) is 0 Å². The molecule has 1 amide bonds. The maximum absolute atomic E-state index is 10.2. The normalized spacial score (nSPS) is 11.9. The molecule has 1 aromatic carbocycles. The summed E-state index contributed by atoms with van der Waals surface area (Å²) in [5.41, 5.74) is 1.01. The Balaban J connectivity index is 2.24. The molecule has 1 rings (SSSR count). The van der Waals surface area contributed by atoms with E-state index in [9.17, 15) is 9.90 Å². The lowest BCUT2D eigenvalue weighted by Gasteiger charge is -2.12. The van der Waals surface area contributed by atoms with Gasteiger partial charge in [0, 0.05) is 19.5 Å². The molecule has 100 valence electrons. The first-order valence-corrected chi connectivity index (χ1v) is 5.63. The molecule has 0 spiro atoms. The van der Waals surface area contributed by atoms with E-state index < -0.39 is 12.3 Å². The maximum Gasteiger partial charge on any atom is 0.404 e. The zero-order valence-corrected chi connectivity index (χ0v) is 10.2. The van der Waals surface area contributed by atoms with Gasteiger partial charge in [-0.15, -0.1) is 0 Å². The molecule has 0 aliphatic carbocycles. The highest BCUT2D eigenvalue weighted by atomic mass is 16.5. The van der Waals surface area contributed by atoms with Crippen molar-refractivity contribution in [2.24, 2.45) is 0 Å². The zero-order chi connectivity index (χ0) is 13.4. The summed E-state index contributed by atoms with van der Waals surface area (Å²) in [7, 11) is 1.60. The molecule has 6 nitrogen and oxygen atoms in total. The summed E-state index contributed by atoms with van der Waals surface area (Å²) < 4.78 is 5.04. The van der Waals surface area contributed by atoms with Gasteiger partial charge >= 0.3 is 6.09 Å². The highest BCUT2D eigenvalue weighted by molar-refractivity contribution is 5.64. The Morgan fingerprint density at radius 1 is 1.39 bits per heavy atom. The molecule has 4 N–H and O–H groups in total. The van der Waals surface area contributed by atoms with E-state index >= 15 is 0 Å². The topological polar surface area (TPSA) is 90.8 Å². The molecule has 1 unspecified atom stereocenters. The average molecular weight is 254 g/mol. The molecule has 1 atom stereocenters. The number of hydrogen-bond acceptors (Lipinski definition) is 4. The first-order chi connectivity index (χ1) is 8.61. The van der Waals surface area contributed by atoms with Crippen molar-refractivity contribution in [2.75, 3.05) is 13.7 Å². The van der Waals surface area contributed by atoms with Gasteiger partial charge < -0.3 is 20.3 Å². The van der Waals surface area contributed by atoms with Crippen LogP contribution >= 0.6 is 0 Å². The van der Waals surface area contributed by atoms with Crippen molar-refractivity contribution in [3.63, 3.8) is 0 Å². The third-order valence-corrected chi connectivity index (χ3v) is 2.39. The molecular weight excluding hydrogens is 236 g/mol. The van der Waals surface area contributed by atoms with Gasteiger partial charge in [0.15, 0.2) is 0 Å². The Hall–Kier alpha value is -1.79. The lowest BCUT2D eigenvalue weighted by Crippen LogP contribution is -2.33. The molecule has 0 radical (unpaired) electrons. The van der Waals surface area contributed by atoms with Crippen LogP contribution in [-0.4, -0.2) is 36.2 Å². The van der Waals surface area contributed by atoms with Crippen LogP contribution in [0, 0.1) is 0 Å². The largest absolute Gasteiger partial charge is 0.497 e. The molecule has 0 fully saturated rings. The molecular formula is C12H18N2O4. The number of nitrogens with one attached hydrogen (secondary N) is 2. The zero-order valence-electron chi connectivity index (χ0n) is 10.2. The van der Waals surface area contributed by atoms with E-state index in [1.165, 1.54) is 0 Å². The predicted molar refractivity (Wildman–Crippen MR) is 66.5 cm³/mol. The van der Waals surface area contributed by atoms with Gasteiger partial charge in [-0.05, 0) is 17.7 Å². The lowest BCUT2D eigenvalue weighted by atomic mass is 10.2. The number of aliphatic hydroxyl groups is 1. The summed E-state index contributed by atoms with van der Waals surface area (Å²) >= 11 is 0. The van der Waals surface area contributed by atoms with Crippen LogP contribution in [0.2, 0.25) is 0 Å². The van der Waals surface area contributed by atoms with Crippen LogP contribution in [0.25, 0.3) is 0 Å². The standard InChI is InChI=1S/C12H18N2O4/c1-18-10-4-2-9(3-5-10)8-14-11(15)6-7-13-12(16)17/h2-5,11,13-15H,6-8H2,1H3,(H,16,17). The van der Waals surface area contributed by atoms with Crippen LogP contribution in [-0.2, 0) is 6.54 Å². The number of carboxylic acid groups (broad SMARTS) is 1. The number of hydrogen-bond donors (Lipinski definition) is 4. The smallest absolute Gasteiger partial charge is 0.404 e. The minimum atomic E-state index is -1.09. The van der Waals surface area contributed by atoms with E-state index in [1.54, 1.807) is 7.11 Å². The molecule has 0 saturated heterocycles. The van der Waals surface area contributed by atoms with E-state index in [-0.39, 0.29) is 6.54 Å². The van der Waals surface area contributed by atoms with Crippen LogP contribution in [0.4, 0.5) is 4.79 Å². The second kappa shape index (κ2) is 7.52. The van der Waals surface area contributed by atoms with Crippen molar-refractivity contribution in [1.82, 2.24) is 10.6 Å². The third kappa shape index (κ3) is 5.51. The number of amides is 1. The second-order valence-corrected chi connectivity index (χ2v) is 3.77. The maximum atomic E-state index is 10.2. The Morgan fingerprint density at radius 3 is 2.61 bits per heavy atom. The van der Waals surface area contributed by atoms with E-state index in [4.69, 9.17) is 9.84 Å². The summed E-state index contributed by atoms with van der Waals surface area (Å²) in [5.74, 6) is 0.782. The Bertz CT molecular complexity index is 367. The monoisotopic (exact) mass is 254 g/mol. The summed E-state index contributed by atoms with van der Waals surface area (Å²) in [6, 6.07) is 7.48. The van der Waals surface area contributed by atoms with Gasteiger partial charge in [-0.3, -0.25) is 5.32 Å². The average Bonchev–Trinajstić information content (AvgIpc) is 2.36. The minimum absolute atomic E-state index is 0.214. The van der Waals surface area contributed by atoms with Crippen molar-refractivity contribution < 1.29 is 19.7 Å². The number of aliphatic hydroxyl groups excluding tert-OH is 1. The molecule has 0 aliphatic rings. The first kappa shape index (κ1) is 14.3. The quantitative estimate of drug-likeness (QED) is 0.539.